The first-order chi connectivity index (χ1) is 14.9. The Kier molecular flexibility index (Phi) is 5.87. The van der Waals surface area contributed by atoms with E-state index in [-0.39, 0.29) is 11.7 Å². The Bertz CT molecular complexity index is 1160. The van der Waals surface area contributed by atoms with Gasteiger partial charge in [0.25, 0.3) is 5.91 Å². The second-order valence-electron chi connectivity index (χ2n) is 7.47. The van der Waals surface area contributed by atoms with Gasteiger partial charge < -0.3 is 14.8 Å². The molecule has 162 valence electrons. The number of halogens is 2. The number of nitrogens with zero attached hydrogens (tertiary/aromatic N) is 2. The SMILES string of the molecule is COc1cc(OC)c(NC(=O)c2nn(-c3ccc(C)c(F)c3)c3c2CCCC3)cc1Cl. The van der Waals surface area contributed by atoms with Crippen LogP contribution in [0.2, 0.25) is 5.02 Å². The normalized spacial score (nSPS) is 12.9. The summed E-state index contributed by atoms with van der Waals surface area (Å²) < 4.78 is 26.4. The number of anilines is 1. The molecule has 0 saturated heterocycles. The van der Waals surface area contributed by atoms with E-state index in [9.17, 15) is 9.18 Å². The smallest absolute Gasteiger partial charge is 0.276 e. The Hall–Kier alpha value is -3.06. The molecule has 0 aliphatic heterocycles. The van der Waals surface area contributed by atoms with Crippen molar-refractivity contribution in [3.05, 3.63) is 63.7 Å². The van der Waals surface area contributed by atoms with Crippen molar-refractivity contribution in [3.8, 4) is 17.2 Å². The average molecular weight is 444 g/mol. The van der Waals surface area contributed by atoms with Crippen LogP contribution >= 0.6 is 11.6 Å². The number of aromatic nitrogens is 2. The molecule has 1 N–H and O–H groups in total. The Labute approximate surface area is 184 Å². The number of ether oxygens (including phenoxy) is 2. The molecule has 1 aromatic heterocycles. The monoisotopic (exact) mass is 443 g/mol. The van der Waals surface area contributed by atoms with Crippen LogP contribution in [0.3, 0.4) is 0 Å². The highest BCUT2D eigenvalue weighted by atomic mass is 35.5. The fourth-order valence-corrected chi connectivity index (χ4v) is 4.09. The molecule has 1 heterocycles. The third-order valence-electron chi connectivity index (χ3n) is 5.52. The molecule has 6 nitrogen and oxygen atoms in total. The van der Waals surface area contributed by atoms with Crippen LogP contribution in [0.1, 0.15) is 40.2 Å². The quantitative estimate of drug-likeness (QED) is 0.594. The van der Waals surface area contributed by atoms with E-state index in [4.69, 9.17) is 21.1 Å². The molecule has 0 atom stereocenters. The highest BCUT2D eigenvalue weighted by Gasteiger charge is 2.26. The Morgan fingerprint density at radius 2 is 1.87 bits per heavy atom. The Morgan fingerprint density at radius 3 is 2.58 bits per heavy atom. The van der Waals surface area contributed by atoms with E-state index < -0.39 is 0 Å². The third kappa shape index (κ3) is 3.97. The highest BCUT2D eigenvalue weighted by molar-refractivity contribution is 6.32. The number of methoxy groups -OCH3 is 2. The van der Waals surface area contributed by atoms with Crippen molar-refractivity contribution >= 4 is 23.2 Å². The van der Waals surface area contributed by atoms with Gasteiger partial charge in [0, 0.05) is 17.3 Å². The molecule has 8 heteroatoms. The van der Waals surface area contributed by atoms with Crippen LogP contribution in [0.25, 0.3) is 5.69 Å². The second-order valence-corrected chi connectivity index (χ2v) is 7.87. The lowest BCUT2D eigenvalue weighted by Gasteiger charge is -2.15. The van der Waals surface area contributed by atoms with Gasteiger partial charge in [0.2, 0.25) is 0 Å². The maximum Gasteiger partial charge on any atom is 0.276 e. The fraction of sp³-hybridized carbons (Fsp3) is 0.304. The molecule has 2 aromatic carbocycles. The number of amides is 1. The lowest BCUT2D eigenvalue weighted by atomic mass is 9.95. The molecular weight excluding hydrogens is 421 g/mol. The van der Waals surface area contributed by atoms with Gasteiger partial charge in [0.05, 0.1) is 30.6 Å². The van der Waals surface area contributed by atoms with E-state index in [1.807, 2.05) is 6.07 Å². The average Bonchev–Trinajstić information content (AvgIpc) is 3.16. The van der Waals surface area contributed by atoms with Crippen molar-refractivity contribution in [2.24, 2.45) is 0 Å². The molecule has 1 amide bonds. The summed E-state index contributed by atoms with van der Waals surface area (Å²) in [7, 11) is 3.01. The van der Waals surface area contributed by atoms with E-state index in [0.717, 1.165) is 36.9 Å². The summed E-state index contributed by atoms with van der Waals surface area (Å²) in [6.07, 6.45) is 3.49. The molecule has 3 aromatic rings. The summed E-state index contributed by atoms with van der Waals surface area (Å²) in [5, 5.41) is 7.78. The van der Waals surface area contributed by atoms with Crippen LogP contribution < -0.4 is 14.8 Å². The number of rotatable bonds is 5. The first-order valence-corrected chi connectivity index (χ1v) is 10.4. The minimum atomic E-state index is -0.371. The number of carbonyl (C=O) groups excluding carboxylic acids is 1. The van der Waals surface area contributed by atoms with E-state index in [1.54, 1.807) is 29.8 Å². The van der Waals surface area contributed by atoms with Crippen LogP contribution in [-0.2, 0) is 12.8 Å². The number of hydrogen-bond donors (Lipinski definition) is 1. The molecule has 31 heavy (non-hydrogen) atoms. The summed E-state index contributed by atoms with van der Waals surface area (Å²) >= 11 is 6.23. The van der Waals surface area contributed by atoms with E-state index in [0.29, 0.717) is 39.2 Å². The molecule has 1 aliphatic carbocycles. The number of nitrogens with one attached hydrogen (secondary N) is 1. The summed E-state index contributed by atoms with van der Waals surface area (Å²) in [6, 6.07) is 8.17. The summed E-state index contributed by atoms with van der Waals surface area (Å²) in [5.41, 5.74) is 3.74. The predicted molar refractivity (Wildman–Crippen MR) is 117 cm³/mol. The van der Waals surface area contributed by atoms with Crippen molar-refractivity contribution < 1.29 is 18.7 Å². The van der Waals surface area contributed by atoms with E-state index in [1.165, 1.54) is 20.3 Å². The highest BCUT2D eigenvalue weighted by Crippen LogP contribution is 2.36. The topological polar surface area (TPSA) is 65.4 Å². The lowest BCUT2D eigenvalue weighted by Crippen LogP contribution is -2.16. The van der Waals surface area contributed by atoms with Gasteiger partial charge >= 0.3 is 0 Å². The zero-order chi connectivity index (χ0) is 22.1. The van der Waals surface area contributed by atoms with Crippen LogP contribution in [0.4, 0.5) is 10.1 Å². The van der Waals surface area contributed by atoms with Crippen molar-refractivity contribution in [3.63, 3.8) is 0 Å². The van der Waals surface area contributed by atoms with Crippen molar-refractivity contribution in [2.45, 2.75) is 32.6 Å². The van der Waals surface area contributed by atoms with Crippen LogP contribution in [-0.4, -0.2) is 29.9 Å². The van der Waals surface area contributed by atoms with Gasteiger partial charge in [-0.1, -0.05) is 17.7 Å². The minimum absolute atomic E-state index is 0.304. The number of aryl methyl sites for hydroxylation is 1. The maximum absolute atomic E-state index is 14.2. The summed E-state index contributed by atoms with van der Waals surface area (Å²) in [6.45, 7) is 1.71. The predicted octanol–water partition coefficient (Wildman–Crippen LogP) is 5.12. The first-order valence-electron chi connectivity index (χ1n) is 10.0. The van der Waals surface area contributed by atoms with E-state index >= 15 is 0 Å². The number of hydrogen-bond acceptors (Lipinski definition) is 4. The second kappa shape index (κ2) is 8.59. The number of fused-ring (bicyclic) bond motifs is 1. The first kappa shape index (κ1) is 21.2. The zero-order valence-electron chi connectivity index (χ0n) is 17.6. The molecule has 0 spiro atoms. The lowest BCUT2D eigenvalue weighted by molar-refractivity contribution is 0.102. The van der Waals surface area contributed by atoms with Crippen molar-refractivity contribution in [1.82, 2.24) is 9.78 Å². The van der Waals surface area contributed by atoms with Gasteiger partial charge in [-0.05, 0) is 56.4 Å². The third-order valence-corrected chi connectivity index (χ3v) is 5.81. The van der Waals surface area contributed by atoms with Crippen LogP contribution in [0.5, 0.6) is 11.5 Å². The van der Waals surface area contributed by atoms with Gasteiger partial charge in [-0.25, -0.2) is 9.07 Å². The molecular formula is C23H23ClFN3O3. The van der Waals surface area contributed by atoms with Crippen molar-refractivity contribution in [1.29, 1.82) is 0 Å². The Morgan fingerprint density at radius 1 is 1.13 bits per heavy atom. The van der Waals surface area contributed by atoms with Crippen molar-refractivity contribution in [2.75, 3.05) is 19.5 Å². The van der Waals surface area contributed by atoms with Gasteiger partial charge in [0.15, 0.2) is 5.69 Å². The maximum atomic E-state index is 14.2. The standard InChI is InChI=1S/C23H23ClFN3O3/c1-13-8-9-14(10-17(13)25)28-19-7-5-4-6-15(19)22(27-28)23(29)26-18-11-16(24)20(30-2)12-21(18)31-3/h8-12H,4-7H2,1-3H3,(H,26,29). The van der Waals surface area contributed by atoms with Crippen LogP contribution in [0.15, 0.2) is 30.3 Å². The molecule has 1 aliphatic rings. The van der Waals surface area contributed by atoms with Gasteiger partial charge in [-0.15, -0.1) is 0 Å². The molecule has 0 bridgehead atoms. The zero-order valence-corrected chi connectivity index (χ0v) is 18.3. The van der Waals surface area contributed by atoms with Crippen LogP contribution in [0, 0.1) is 12.7 Å². The van der Waals surface area contributed by atoms with Gasteiger partial charge in [0.1, 0.15) is 17.3 Å². The molecule has 0 saturated carbocycles. The van der Waals surface area contributed by atoms with Gasteiger partial charge in [-0.3, -0.25) is 4.79 Å². The molecule has 0 radical (unpaired) electrons. The summed E-state index contributed by atoms with van der Waals surface area (Å²) in [4.78, 5) is 13.2. The number of benzene rings is 2. The van der Waals surface area contributed by atoms with Gasteiger partial charge in [-0.2, -0.15) is 5.10 Å². The largest absolute Gasteiger partial charge is 0.495 e. The Balaban J connectivity index is 1.73. The molecule has 0 unspecified atom stereocenters. The molecule has 0 fully saturated rings. The molecule has 4 rings (SSSR count). The minimum Gasteiger partial charge on any atom is -0.495 e. The van der Waals surface area contributed by atoms with E-state index in [2.05, 4.69) is 10.4 Å². The fourth-order valence-electron chi connectivity index (χ4n) is 3.85. The summed E-state index contributed by atoms with van der Waals surface area (Å²) in [5.74, 6) is 0.188. The number of carbonyl (C=O) groups is 1.